The van der Waals surface area contributed by atoms with Crippen LogP contribution >= 0.6 is 11.6 Å². The Morgan fingerprint density at radius 2 is 1.72 bits per heavy atom. The first-order valence-electron chi connectivity index (χ1n) is 8.20. The number of hydrogen-bond acceptors (Lipinski definition) is 3. The Bertz CT molecular complexity index is 944. The fourth-order valence-electron chi connectivity index (χ4n) is 3.30. The fourth-order valence-corrected chi connectivity index (χ4v) is 3.52. The summed E-state index contributed by atoms with van der Waals surface area (Å²) in [6, 6.07) is 8.83. The van der Waals surface area contributed by atoms with Gasteiger partial charge in [-0.3, -0.25) is 14.5 Å². The largest absolute Gasteiger partial charge is 0.337 e. The summed E-state index contributed by atoms with van der Waals surface area (Å²) in [5, 5.41) is 1.97. The van der Waals surface area contributed by atoms with Crippen molar-refractivity contribution in [2.45, 2.75) is 19.4 Å². The minimum Gasteiger partial charge on any atom is -0.337 e. The molecular formula is C19H16ClN3O2. The highest BCUT2D eigenvalue weighted by Gasteiger charge is 2.32. The average molecular weight is 354 g/mol. The van der Waals surface area contributed by atoms with E-state index in [0.717, 1.165) is 24.8 Å². The van der Waals surface area contributed by atoms with E-state index in [-0.39, 0.29) is 11.8 Å². The van der Waals surface area contributed by atoms with E-state index in [2.05, 4.69) is 4.98 Å². The quantitative estimate of drug-likeness (QED) is 0.518. The highest BCUT2D eigenvalue weighted by molar-refractivity contribution is 6.38. The van der Waals surface area contributed by atoms with E-state index in [1.807, 2.05) is 16.8 Å². The predicted molar refractivity (Wildman–Crippen MR) is 95.8 cm³/mol. The molecule has 0 saturated carbocycles. The lowest BCUT2D eigenvalue weighted by molar-refractivity contribution is 0.0607. The third-order valence-electron chi connectivity index (χ3n) is 4.55. The van der Waals surface area contributed by atoms with Crippen LogP contribution in [0.4, 0.5) is 0 Å². The van der Waals surface area contributed by atoms with Crippen LogP contribution in [0.2, 0.25) is 5.02 Å². The van der Waals surface area contributed by atoms with Crippen molar-refractivity contribution in [3.8, 4) is 0 Å². The van der Waals surface area contributed by atoms with E-state index in [0.29, 0.717) is 28.1 Å². The molecule has 1 aliphatic heterocycles. The zero-order chi connectivity index (χ0) is 17.4. The third kappa shape index (κ3) is 2.70. The number of carbonyl (C=O) groups is 2. The van der Waals surface area contributed by atoms with Crippen LogP contribution in [0.1, 0.15) is 33.6 Å². The molecule has 0 aliphatic carbocycles. The van der Waals surface area contributed by atoms with Gasteiger partial charge < -0.3 is 4.57 Å². The number of carbonyl (C=O) groups excluding carboxylic acids is 2. The molecule has 2 heterocycles. The van der Waals surface area contributed by atoms with Crippen LogP contribution in [-0.4, -0.2) is 32.8 Å². The van der Waals surface area contributed by atoms with Gasteiger partial charge in [0.25, 0.3) is 11.8 Å². The van der Waals surface area contributed by atoms with Crippen molar-refractivity contribution >= 4 is 34.2 Å². The number of rotatable bonds is 5. The van der Waals surface area contributed by atoms with Crippen molar-refractivity contribution in [1.82, 2.24) is 14.5 Å². The Morgan fingerprint density at radius 3 is 2.48 bits per heavy atom. The smallest absolute Gasteiger partial charge is 0.261 e. The molecular weight excluding hydrogens is 338 g/mol. The molecule has 6 heteroatoms. The van der Waals surface area contributed by atoms with Crippen molar-refractivity contribution in [1.29, 1.82) is 0 Å². The normalized spacial score (nSPS) is 13.7. The monoisotopic (exact) mass is 353 g/mol. The van der Waals surface area contributed by atoms with Gasteiger partial charge in [-0.1, -0.05) is 23.7 Å². The summed E-state index contributed by atoms with van der Waals surface area (Å²) >= 11 is 6.22. The zero-order valence-corrected chi connectivity index (χ0v) is 14.2. The molecule has 2 aromatic carbocycles. The maximum absolute atomic E-state index is 12.8. The number of halogens is 1. The van der Waals surface area contributed by atoms with Gasteiger partial charge in [0.1, 0.15) is 0 Å². The van der Waals surface area contributed by atoms with Gasteiger partial charge in [-0.05, 0) is 31.0 Å². The maximum Gasteiger partial charge on any atom is 0.261 e. The zero-order valence-electron chi connectivity index (χ0n) is 13.5. The molecule has 1 aliphatic rings. The topological polar surface area (TPSA) is 55.2 Å². The lowest BCUT2D eigenvalue weighted by Gasteiger charge is -2.27. The summed E-state index contributed by atoms with van der Waals surface area (Å²) < 4.78 is 1.98. The van der Waals surface area contributed by atoms with Crippen molar-refractivity contribution in [3.05, 3.63) is 65.2 Å². The highest BCUT2D eigenvalue weighted by Crippen LogP contribution is 2.34. The number of benzene rings is 2. The molecule has 0 spiro atoms. The van der Waals surface area contributed by atoms with E-state index in [4.69, 9.17) is 11.6 Å². The Morgan fingerprint density at radius 1 is 0.960 bits per heavy atom. The summed E-state index contributed by atoms with van der Waals surface area (Å²) in [7, 11) is 0. The molecule has 0 fully saturated rings. The second kappa shape index (κ2) is 6.33. The Balaban J connectivity index is 1.56. The number of imide groups is 1. The lowest BCUT2D eigenvalue weighted by atomic mass is 9.94. The molecule has 4 rings (SSSR count). The summed E-state index contributed by atoms with van der Waals surface area (Å²) in [6.45, 7) is 1.23. The van der Waals surface area contributed by atoms with E-state index in [9.17, 15) is 9.59 Å². The second-order valence-electron chi connectivity index (χ2n) is 6.09. The molecule has 0 radical (unpaired) electrons. The van der Waals surface area contributed by atoms with Gasteiger partial charge >= 0.3 is 0 Å². The van der Waals surface area contributed by atoms with Gasteiger partial charge in [-0.25, -0.2) is 4.98 Å². The van der Waals surface area contributed by atoms with Crippen LogP contribution < -0.4 is 0 Å². The van der Waals surface area contributed by atoms with Gasteiger partial charge in [-0.15, -0.1) is 0 Å². The number of nitrogens with zero attached hydrogens (tertiary/aromatic N) is 3. The number of unbranched alkanes of at least 4 members (excludes halogenated alkanes) is 1. The molecule has 2 amide bonds. The number of hydrogen-bond donors (Lipinski definition) is 0. The first-order valence-corrected chi connectivity index (χ1v) is 8.58. The first kappa shape index (κ1) is 15.8. The molecule has 3 aromatic rings. The number of amides is 2. The number of aromatic nitrogens is 2. The number of aryl methyl sites for hydroxylation is 1. The van der Waals surface area contributed by atoms with Gasteiger partial charge in [0.15, 0.2) is 0 Å². The van der Waals surface area contributed by atoms with Crippen molar-refractivity contribution < 1.29 is 9.59 Å². The van der Waals surface area contributed by atoms with Crippen LogP contribution in [0.3, 0.4) is 0 Å². The average Bonchev–Trinajstić information content (AvgIpc) is 3.13. The van der Waals surface area contributed by atoms with Gasteiger partial charge in [0.2, 0.25) is 0 Å². The Hall–Kier alpha value is -2.66. The number of imidazole rings is 1. The molecule has 5 nitrogen and oxygen atoms in total. The van der Waals surface area contributed by atoms with Crippen LogP contribution in [0.15, 0.2) is 49.1 Å². The molecule has 0 bridgehead atoms. The minimum atomic E-state index is -0.243. The SMILES string of the molecule is O=C1c2cccc3c(Cl)ccc(c23)C(=O)N1CCCCn1ccnc1. The summed E-state index contributed by atoms with van der Waals surface area (Å²) in [6.07, 6.45) is 7.01. The van der Waals surface area contributed by atoms with Gasteiger partial charge in [-0.2, -0.15) is 0 Å². The fraction of sp³-hybridized carbons (Fsp3) is 0.211. The van der Waals surface area contributed by atoms with E-state index in [1.165, 1.54) is 4.90 Å². The summed E-state index contributed by atoms with van der Waals surface area (Å²) in [4.78, 5) is 30.9. The van der Waals surface area contributed by atoms with Gasteiger partial charge in [0, 0.05) is 52.4 Å². The van der Waals surface area contributed by atoms with E-state index < -0.39 is 0 Å². The second-order valence-corrected chi connectivity index (χ2v) is 6.50. The summed E-state index contributed by atoms with van der Waals surface area (Å²) in [5.74, 6) is -0.485. The van der Waals surface area contributed by atoms with Crippen molar-refractivity contribution in [3.63, 3.8) is 0 Å². The molecule has 0 N–H and O–H groups in total. The third-order valence-corrected chi connectivity index (χ3v) is 4.88. The standard InChI is InChI=1S/C19H16ClN3O2/c20-16-7-6-15-17-13(16)4-3-5-14(17)18(24)23(19(15)25)10-2-1-9-22-11-8-21-12-22/h3-8,11-12H,1-2,9-10H2. The first-order chi connectivity index (χ1) is 12.2. The molecule has 1 aromatic heterocycles. The molecule has 25 heavy (non-hydrogen) atoms. The lowest BCUT2D eigenvalue weighted by Crippen LogP contribution is -2.40. The van der Waals surface area contributed by atoms with E-state index in [1.54, 1.807) is 36.8 Å². The molecule has 0 unspecified atom stereocenters. The van der Waals surface area contributed by atoms with Crippen molar-refractivity contribution in [2.24, 2.45) is 0 Å². The maximum atomic E-state index is 12.8. The van der Waals surface area contributed by atoms with Crippen LogP contribution in [-0.2, 0) is 6.54 Å². The van der Waals surface area contributed by atoms with Gasteiger partial charge in [0.05, 0.1) is 6.33 Å². The highest BCUT2D eigenvalue weighted by atomic mass is 35.5. The molecule has 126 valence electrons. The Labute approximate surface area is 149 Å². The van der Waals surface area contributed by atoms with Crippen LogP contribution in [0, 0.1) is 0 Å². The van der Waals surface area contributed by atoms with E-state index >= 15 is 0 Å². The minimum absolute atomic E-state index is 0.243. The summed E-state index contributed by atoms with van der Waals surface area (Å²) in [5.41, 5.74) is 1.09. The predicted octanol–water partition coefficient (Wildman–Crippen LogP) is 3.77. The molecule has 0 atom stereocenters. The Kier molecular flexibility index (Phi) is 4.01. The molecule has 0 saturated heterocycles. The van der Waals surface area contributed by atoms with Crippen LogP contribution in [0.25, 0.3) is 10.8 Å². The van der Waals surface area contributed by atoms with Crippen molar-refractivity contribution in [2.75, 3.05) is 6.54 Å². The van der Waals surface area contributed by atoms with Crippen LogP contribution in [0.5, 0.6) is 0 Å².